The molecule has 1 saturated carbocycles. The maximum Gasteiger partial charge on any atom is 0.271 e. The van der Waals surface area contributed by atoms with Gasteiger partial charge in [-0.2, -0.15) is 5.10 Å². The second-order valence-electron chi connectivity index (χ2n) is 5.68. The van der Waals surface area contributed by atoms with Crippen molar-refractivity contribution >= 4 is 29.2 Å². The molecule has 128 valence electrons. The molecule has 0 aromatic heterocycles. The predicted molar refractivity (Wildman–Crippen MR) is 87.3 cm³/mol. The number of hydrazone groups is 1. The van der Waals surface area contributed by atoms with Crippen LogP contribution in [0, 0.1) is 0 Å². The van der Waals surface area contributed by atoms with Crippen molar-refractivity contribution in [2.45, 2.75) is 44.9 Å². The number of hydrogen-bond acceptors (Lipinski definition) is 5. The molecule has 0 atom stereocenters. The third kappa shape index (κ3) is 5.83. The minimum Gasteiger partial charge on any atom is -0.550 e. The fourth-order valence-electron chi connectivity index (χ4n) is 2.41. The Bertz CT molecular complexity index is 630. The number of anilines is 1. The molecule has 1 aromatic rings. The van der Waals surface area contributed by atoms with E-state index in [0.29, 0.717) is 11.3 Å². The lowest BCUT2D eigenvalue weighted by atomic mass is 9.99. The molecule has 0 aliphatic heterocycles. The number of carbonyl (C=O) groups is 3. The highest BCUT2D eigenvalue weighted by molar-refractivity contribution is 5.97. The Kier molecular flexibility index (Phi) is 6.48. The van der Waals surface area contributed by atoms with Gasteiger partial charge in [-0.25, -0.2) is 5.43 Å². The van der Waals surface area contributed by atoms with E-state index in [1.165, 1.54) is 6.42 Å². The average Bonchev–Trinajstić information content (AvgIpc) is 2.59. The van der Waals surface area contributed by atoms with Gasteiger partial charge >= 0.3 is 0 Å². The van der Waals surface area contributed by atoms with Crippen molar-refractivity contribution in [3.05, 3.63) is 29.8 Å². The van der Waals surface area contributed by atoms with E-state index in [1.54, 1.807) is 24.3 Å². The van der Waals surface area contributed by atoms with Crippen LogP contribution in [-0.2, 0) is 9.59 Å². The van der Waals surface area contributed by atoms with Crippen LogP contribution < -0.4 is 15.8 Å². The van der Waals surface area contributed by atoms with Crippen LogP contribution in [0.15, 0.2) is 29.4 Å². The maximum absolute atomic E-state index is 12.0. The number of nitrogens with zero attached hydrogens (tertiary/aromatic N) is 1. The summed E-state index contributed by atoms with van der Waals surface area (Å²) in [5, 5.41) is 17.0. The monoisotopic (exact) mass is 330 g/mol. The quantitative estimate of drug-likeness (QED) is 0.764. The van der Waals surface area contributed by atoms with E-state index < -0.39 is 11.9 Å². The molecule has 0 heterocycles. The lowest BCUT2D eigenvalue weighted by Gasteiger charge is -2.12. The summed E-state index contributed by atoms with van der Waals surface area (Å²) >= 11 is 0. The minimum absolute atomic E-state index is 0.151. The zero-order valence-corrected chi connectivity index (χ0v) is 13.3. The summed E-state index contributed by atoms with van der Waals surface area (Å²) in [6, 6.07) is 6.31. The van der Waals surface area contributed by atoms with E-state index in [-0.39, 0.29) is 18.7 Å². The molecule has 2 rings (SSSR count). The van der Waals surface area contributed by atoms with Crippen molar-refractivity contribution in [2.75, 3.05) is 5.32 Å². The van der Waals surface area contributed by atoms with E-state index in [9.17, 15) is 19.5 Å². The number of aliphatic carboxylic acids is 1. The highest BCUT2D eigenvalue weighted by Gasteiger charge is 2.09. The molecule has 0 bridgehead atoms. The van der Waals surface area contributed by atoms with Gasteiger partial charge in [0.15, 0.2) is 0 Å². The molecule has 7 nitrogen and oxygen atoms in total. The second kappa shape index (κ2) is 8.81. The van der Waals surface area contributed by atoms with E-state index >= 15 is 0 Å². The molecule has 1 fully saturated rings. The van der Waals surface area contributed by atoms with Gasteiger partial charge in [0.25, 0.3) is 5.91 Å². The SMILES string of the molecule is O=C([O-])CCC(=O)Nc1ccc(C(=O)NN=C2CCCCC2)cc1. The Morgan fingerprint density at radius 3 is 2.29 bits per heavy atom. The Labute approximate surface area is 140 Å². The van der Waals surface area contributed by atoms with Crippen LogP contribution in [-0.4, -0.2) is 23.5 Å². The third-order valence-electron chi connectivity index (χ3n) is 3.73. The average molecular weight is 330 g/mol. The maximum atomic E-state index is 12.0. The summed E-state index contributed by atoms with van der Waals surface area (Å²) < 4.78 is 0. The molecule has 0 unspecified atom stereocenters. The first-order chi connectivity index (χ1) is 11.5. The number of carboxylic acids is 1. The van der Waals surface area contributed by atoms with Crippen LogP contribution in [0.5, 0.6) is 0 Å². The van der Waals surface area contributed by atoms with Gasteiger partial charge in [-0.3, -0.25) is 9.59 Å². The zero-order valence-electron chi connectivity index (χ0n) is 13.3. The fraction of sp³-hybridized carbons (Fsp3) is 0.412. The van der Waals surface area contributed by atoms with E-state index in [2.05, 4.69) is 15.8 Å². The highest BCUT2D eigenvalue weighted by Crippen LogP contribution is 2.14. The van der Waals surface area contributed by atoms with Crippen molar-refractivity contribution in [3.8, 4) is 0 Å². The Morgan fingerprint density at radius 2 is 1.67 bits per heavy atom. The Balaban J connectivity index is 1.85. The van der Waals surface area contributed by atoms with Gasteiger partial charge in [0.05, 0.1) is 0 Å². The van der Waals surface area contributed by atoms with Crippen LogP contribution in [0.2, 0.25) is 0 Å². The zero-order chi connectivity index (χ0) is 17.4. The number of nitrogens with one attached hydrogen (secondary N) is 2. The predicted octanol–water partition coefficient (Wildman–Crippen LogP) is 1.21. The number of rotatable bonds is 6. The lowest BCUT2D eigenvalue weighted by Crippen LogP contribution is -2.24. The molecule has 0 radical (unpaired) electrons. The lowest BCUT2D eigenvalue weighted by molar-refractivity contribution is -0.305. The van der Waals surface area contributed by atoms with Gasteiger partial charge in [-0.15, -0.1) is 0 Å². The topological polar surface area (TPSA) is 111 Å². The smallest absolute Gasteiger partial charge is 0.271 e. The molecule has 24 heavy (non-hydrogen) atoms. The van der Waals surface area contributed by atoms with Crippen LogP contribution in [0.1, 0.15) is 55.3 Å². The van der Waals surface area contributed by atoms with E-state index in [0.717, 1.165) is 31.4 Å². The summed E-state index contributed by atoms with van der Waals surface area (Å²) in [6.07, 6.45) is 4.81. The molecular formula is C17H20N3O4-. The number of carboxylic acid groups (broad SMARTS) is 1. The van der Waals surface area contributed by atoms with Crippen LogP contribution in [0.4, 0.5) is 5.69 Å². The number of benzene rings is 1. The molecule has 2 amide bonds. The van der Waals surface area contributed by atoms with Gasteiger partial charge in [-0.1, -0.05) is 6.42 Å². The highest BCUT2D eigenvalue weighted by atomic mass is 16.4. The van der Waals surface area contributed by atoms with Gasteiger partial charge < -0.3 is 15.2 Å². The van der Waals surface area contributed by atoms with Gasteiger partial charge in [0.1, 0.15) is 0 Å². The van der Waals surface area contributed by atoms with Crippen molar-refractivity contribution in [3.63, 3.8) is 0 Å². The first-order valence-corrected chi connectivity index (χ1v) is 8.00. The fourth-order valence-corrected chi connectivity index (χ4v) is 2.41. The Morgan fingerprint density at radius 1 is 1.00 bits per heavy atom. The third-order valence-corrected chi connectivity index (χ3v) is 3.73. The first-order valence-electron chi connectivity index (χ1n) is 8.00. The number of carbonyl (C=O) groups excluding carboxylic acids is 3. The second-order valence-corrected chi connectivity index (χ2v) is 5.68. The molecule has 0 saturated heterocycles. The summed E-state index contributed by atoms with van der Waals surface area (Å²) in [6.45, 7) is 0. The standard InChI is InChI=1S/C17H21N3O4/c21-15(10-11-16(22)23)18-13-8-6-12(7-9-13)17(24)20-19-14-4-2-1-3-5-14/h6-9H,1-5,10-11H2,(H,18,21)(H,20,24)(H,22,23)/p-1. The summed E-state index contributed by atoms with van der Waals surface area (Å²) in [5.41, 5.74) is 4.50. The van der Waals surface area contributed by atoms with E-state index in [1.807, 2.05) is 0 Å². The Hall–Kier alpha value is -2.70. The van der Waals surface area contributed by atoms with Crippen LogP contribution in [0.3, 0.4) is 0 Å². The van der Waals surface area contributed by atoms with Crippen molar-refractivity contribution in [2.24, 2.45) is 5.10 Å². The normalized spacial score (nSPS) is 13.9. The summed E-state index contributed by atoms with van der Waals surface area (Å²) in [4.78, 5) is 33.8. The molecule has 1 aliphatic carbocycles. The van der Waals surface area contributed by atoms with Crippen molar-refractivity contribution in [1.82, 2.24) is 5.43 Å². The minimum atomic E-state index is -1.27. The summed E-state index contributed by atoms with van der Waals surface area (Å²) in [5.74, 6) is -1.99. The molecule has 0 spiro atoms. The van der Waals surface area contributed by atoms with E-state index in [4.69, 9.17) is 0 Å². The van der Waals surface area contributed by atoms with Crippen LogP contribution in [0.25, 0.3) is 0 Å². The van der Waals surface area contributed by atoms with Crippen molar-refractivity contribution in [1.29, 1.82) is 0 Å². The van der Waals surface area contributed by atoms with Gasteiger partial charge in [-0.05, 0) is 56.4 Å². The van der Waals surface area contributed by atoms with Gasteiger partial charge in [0.2, 0.25) is 5.91 Å². The van der Waals surface area contributed by atoms with Gasteiger partial charge in [0, 0.05) is 29.4 Å². The summed E-state index contributed by atoms with van der Waals surface area (Å²) in [7, 11) is 0. The largest absolute Gasteiger partial charge is 0.550 e. The molecular weight excluding hydrogens is 310 g/mol. The molecule has 1 aromatic carbocycles. The number of amides is 2. The van der Waals surface area contributed by atoms with Crippen molar-refractivity contribution < 1.29 is 19.5 Å². The van der Waals surface area contributed by atoms with Crippen LogP contribution >= 0.6 is 0 Å². The first kappa shape index (κ1) is 17.7. The molecule has 1 aliphatic rings. The molecule has 7 heteroatoms. The molecule has 2 N–H and O–H groups in total. The number of hydrogen-bond donors (Lipinski definition) is 2.